The summed E-state index contributed by atoms with van der Waals surface area (Å²) in [5.74, 6) is -3.35. The van der Waals surface area contributed by atoms with Crippen LogP contribution in [0.4, 0.5) is 15.3 Å². The zero-order valence-electron chi connectivity index (χ0n) is 53.5. The van der Waals surface area contributed by atoms with Gasteiger partial charge in [0.05, 0.1) is 42.7 Å². The van der Waals surface area contributed by atoms with Crippen molar-refractivity contribution >= 4 is 53.3 Å². The number of nitrogens with zero attached hydrogens (tertiary/aromatic N) is 3. The van der Waals surface area contributed by atoms with Crippen LogP contribution in [0.3, 0.4) is 0 Å². The van der Waals surface area contributed by atoms with Gasteiger partial charge in [0, 0.05) is 52.6 Å². The van der Waals surface area contributed by atoms with Gasteiger partial charge in [0.25, 0.3) is 0 Å². The van der Waals surface area contributed by atoms with Crippen molar-refractivity contribution < 1.29 is 52.6 Å². The number of benzene rings is 2. The van der Waals surface area contributed by atoms with E-state index in [1.165, 1.54) is 0 Å². The minimum absolute atomic E-state index is 0.00301. The van der Waals surface area contributed by atoms with Crippen molar-refractivity contribution in [2.45, 2.75) is 201 Å². The van der Waals surface area contributed by atoms with Crippen molar-refractivity contribution in [3.63, 3.8) is 0 Å². The molecule has 0 unspecified atom stereocenters. The Morgan fingerprint density at radius 3 is 1.92 bits per heavy atom. The van der Waals surface area contributed by atoms with Crippen molar-refractivity contribution in [1.82, 2.24) is 41.3 Å². The van der Waals surface area contributed by atoms with Crippen molar-refractivity contribution in [2.75, 3.05) is 53.3 Å². The van der Waals surface area contributed by atoms with E-state index in [1.54, 1.807) is 72.9 Å². The van der Waals surface area contributed by atoms with Gasteiger partial charge in [-0.2, -0.15) is 0 Å². The molecule has 0 aliphatic carbocycles. The maximum atomic E-state index is 14.8. The fourth-order valence-corrected chi connectivity index (χ4v) is 11.1. The summed E-state index contributed by atoms with van der Waals surface area (Å²) in [6, 6.07) is 12.0. The Labute approximate surface area is 501 Å². The summed E-state index contributed by atoms with van der Waals surface area (Å²) in [5.41, 5.74) is 6.97. The average molecular weight is 1180 g/mol. The molecular formula is C63H104N10O11. The number of carbonyl (C=O) groups is 8. The SMILES string of the molecule is CC[C@H](C)[C@@H]([C@@H](CC(=O)N1CCC[C@H]1[C@H](OC)[C@@H](C)C(=O)N[C@H](C)Cc1ccccc1)OC)N(C)C(=O)[C@@H](NC(=O)[C@H](C(C)C)N(C)CCc1ccc(NC(=O)[C@H](CCCNC(N)=O)NC(=O)[C@@H](NC(=O)OC(C)(C)C)C(C)C)cc1)C(C)C. The fourth-order valence-electron chi connectivity index (χ4n) is 11.1. The highest BCUT2D eigenvalue weighted by molar-refractivity contribution is 5.98. The summed E-state index contributed by atoms with van der Waals surface area (Å²) in [5, 5.41) is 17.0. The zero-order valence-corrected chi connectivity index (χ0v) is 53.5. The van der Waals surface area contributed by atoms with E-state index in [-0.39, 0.29) is 78.8 Å². The number of likely N-dealkylation sites (N-methyl/N-ethyl adjacent to an activating group) is 2. The first-order valence-corrected chi connectivity index (χ1v) is 30.1. The summed E-state index contributed by atoms with van der Waals surface area (Å²) < 4.78 is 17.5. The Morgan fingerprint density at radius 2 is 1.37 bits per heavy atom. The van der Waals surface area contributed by atoms with Gasteiger partial charge in [-0.3, -0.25) is 33.7 Å². The predicted molar refractivity (Wildman–Crippen MR) is 327 cm³/mol. The molecule has 472 valence electrons. The first-order chi connectivity index (χ1) is 39.4. The van der Waals surface area contributed by atoms with Crippen molar-refractivity contribution in [1.29, 1.82) is 0 Å². The molecule has 0 aromatic heterocycles. The predicted octanol–water partition coefficient (Wildman–Crippen LogP) is 6.42. The van der Waals surface area contributed by atoms with Crippen molar-refractivity contribution in [2.24, 2.45) is 35.3 Å². The highest BCUT2D eigenvalue weighted by Gasteiger charge is 2.43. The number of hydrogen-bond acceptors (Lipinski definition) is 12. The number of methoxy groups -OCH3 is 2. The standard InChI is InChI=1S/C63H104N10O11/c1-18-41(8)54(49(82-16)37-50(74)73-34-23-27-48(73)55(83-17)43(10)56(75)66-42(9)36-45-24-20-19-21-25-45)72(15)60(79)52(39(4)5)69-59(78)53(40(6)7)71(14)35-32-44-28-30-46(31-29-44)67-57(76)47(26-22-33-65-61(64)80)68-58(77)51(38(2)3)70-62(81)84-63(11,12)13/h19-21,24-25,28-31,38-43,47-49,51-55H,18,22-23,26-27,32-37H2,1-17H3,(H,66,75)(H,67,76)(H,68,77)(H,69,78)(H,70,81)(H3,64,65,80)/t41-,42+,43+,47-,48-,49+,51-,52-,53-,54-,55+/m0/s1. The molecule has 2 aromatic carbocycles. The molecule has 11 atom stereocenters. The van der Waals surface area contributed by atoms with Crippen LogP contribution in [-0.2, 0) is 55.8 Å². The third-order valence-corrected chi connectivity index (χ3v) is 15.8. The molecule has 1 heterocycles. The number of rotatable bonds is 33. The smallest absolute Gasteiger partial charge is 0.408 e. The highest BCUT2D eigenvalue weighted by atomic mass is 16.6. The normalized spacial score (nSPS) is 17.2. The van der Waals surface area contributed by atoms with Crippen molar-refractivity contribution in [3.8, 4) is 0 Å². The van der Waals surface area contributed by atoms with E-state index in [0.717, 1.165) is 17.5 Å². The van der Waals surface area contributed by atoms with Gasteiger partial charge >= 0.3 is 12.1 Å². The minimum Gasteiger partial charge on any atom is -0.444 e. The molecule has 2 aromatic rings. The van der Waals surface area contributed by atoms with Crippen LogP contribution in [0.2, 0.25) is 0 Å². The Morgan fingerprint density at radius 1 is 0.738 bits per heavy atom. The molecule has 0 bridgehead atoms. The van der Waals surface area contributed by atoms with Crippen LogP contribution in [0.5, 0.6) is 0 Å². The van der Waals surface area contributed by atoms with Gasteiger partial charge in [-0.25, -0.2) is 9.59 Å². The summed E-state index contributed by atoms with van der Waals surface area (Å²) in [4.78, 5) is 114. The third-order valence-electron chi connectivity index (χ3n) is 15.8. The van der Waals surface area contributed by atoms with E-state index in [4.69, 9.17) is 19.9 Å². The van der Waals surface area contributed by atoms with Crippen LogP contribution >= 0.6 is 0 Å². The topological polar surface area (TPSA) is 272 Å². The quantitative estimate of drug-likeness (QED) is 0.0382. The molecule has 0 saturated carbocycles. The van der Waals surface area contributed by atoms with Crippen LogP contribution in [0.25, 0.3) is 0 Å². The summed E-state index contributed by atoms with van der Waals surface area (Å²) in [6.45, 7) is 25.4. The third kappa shape index (κ3) is 22.6. The number of urea groups is 1. The fraction of sp³-hybridized carbons (Fsp3) is 0.683. The lowest BCUT2D eigenvalue weighted by molar-refractivity contribution is -0.148. The average Bonchev–Trinajstić information content (AvgIpc) is 3.95. The second-order valence-corrected chi connectivity index (χ2v) is 24.9. The molecule has 9 amide bonds. The monoisotopic (exact) mass is 1180 g/mol. The molecular weight excluding hydrogens is 1070 g/mol. The minimum atomic E-state index is -1.03. The van der Waals surface area contributed by atoms with Gasteiger partial charge in [-0.05, 0) is 120 Å². The molecule has 3 rings (SSSR count). The van der Waals surface area contributed by atoms with E-state index in [1.807, 2.05) is 115 Å². The zero-order chi connectivity index (χ0) is 63.2. The van der Waals surface area contributed by atoms with Gasteiger partial charge in [0.1, 0.15) is 23.7 Å². The lowest BCUT2D eigenvalue weighted by atomic mass is 9.89. The maximum absolute atomic E-state index is 14.8. The number of nitrogens with one attached hydrogen (secondary N) is 6. The lowest BCUT2D eigenvalue weighted by Crippen LogP contribution is -2.60. The molecule has 1 aliphatic rings. The summed E-state index contributed by atoms with van der Waals surface area (Å²) in [7, 11) is 6.74. The summed E-state index contributed by atoms with van der Waals surface area (Å²) >= 11 is 0. The first kappa shape index (κ1) is 71.9. The maximum Gasteiger partial charge on any atom is 0.408 e. The number of amides is 9. The Hall–Kier alpha value is -6.32. The number of primary amides is 1. The van der Waals surface area contributed by atoms with Crippen molar-refractivity contribution in [3.05, 3.63) is 65.7 Å². The van der Waals surface area contributed by atoms with Gasteiger partial charge < -0.3 is 61.6 Å². The van der Waals surface area contributed by atoms with E-state index in [9.17, 15) is 38.4 Å². The number of ether oxygens (including phenoxy) is 3. The Bertz CT molecular complexity index is 2420. The second-order valence-electron chi connectivity index (χ2n) is 24.9. The van der Waals surface area contributed by atoms with E-state index >= 15 is 0 Å². The van der Waals surface area contributed by atoms with Crippen LogP contribution < -0.4 is 37.6 Å². The number of likely N-dealkylation sites (tertiary alicyclic amines) is 1. The van der Waals surface area contributed by atoms with Crippen LogP contribution in [0.1, 0.15) is 140 Å². The van der Waals surface area contributed by atoms with Gasteiger partial charge in [-0.15, -0.1) is 0 Å². The number of carbonyl (C=O) groups excluding carboxylic acids is 8. The molecule has 21 nitrogen and oxygen atoms in total. The number of anilines is 1. The van der Waals surface area contributed by atoms with Gasteiger partial charge in [0.15, 0.2) is 0 Å². The van der Waals surface area contributed by atoms with Gasteiger partial charge in [0.2, 0.25) is 35.4 Å². The molecule has 0 radical (unpaired) electrons. The Kier molecular flexibility index (Phi) is 29.6. The van der Waals surface area contributed by atoms with Crippen LogP contribution in [-0.4, -0.2) is 170 Å². The van der Waals surface area contributed by atoms with E-state index < -0.39 is 77.9 Å². The molecule has 1 fully saturated rings. The molecule has 0 spiro atoms. The number of alkyl carbamates (subject to hydrolysis) is 1. The highest BCUT2D eigenvalue weighted by Crippen LogP contribution is 2.30. The summed E-state index contributed by atoms with van der Waals surface area (Å²) in [6.07, 6.45) is 1.82. The molecule has 1 saturated heterocycles. The lowest BCUT2D eigenvalue weighted by Gasteiger charge is -2.41. The van der Waals surface area contributed by atoms with E-state index in [0.29, 0.717) is 50.9 Å². The molecule has 1 aliphatic heterocycles. The Balaban J connectivity index is 1.71. The van der Waals surface area contributed by atoms with E-state index in [2.05, 4.69) is 31.9 Å². The van der Waals surface area contributed by atoms with Crippen LogP contribution in [0, 0.1) is 29.6 Å². The first-order valence-electron chi connectivity index (χ1n) is 30.1. The van der Waals surface area contributed by atoms with Crippen LogP contribution in [0.15, 0.2) is 54.6 Å². The molecule has 8 N–H and O–H groups in total. The second kappa shape index (κ2) is 34.6. The number of hydrogen-bond donors (Lipinski definition) is 7. The molecule has 21 heteroatoms. The largest absolute Gasteiger partial charge is 0.444 e. The van der Waals surface area contributed by atoms with Gasteiger partial charge in [-0.1, -0.05) is 111 Å². The molecule has 84 heavy (non-hydrogen) atoms. The number of nitrogens with two attached hydrogens (primary N) is 1.